The summed E-state index contributed by atoms with van der Waals surface area (Å²) in [6, 6.07) is 4.24. The van der Waals surface area contributed by atoms with Crippen LogP contribution in [0.1, 0.15) is 31.4 Å². The predicted molar refractivity (Wildman–Crippen MR) is 71.5 cm³/mol. The van der Waals surface area contributed by atoms with E-state index >= 15 is 0 Å². The van der Waals surface area contributed by atoms with E-state index in [1.54, 1.807) is 6.92 Å². The number of amides is 2. The molecule has 1 aromatic carbocycles. The fraction of sp³-hybridized carbons (Fsp3) is 0.467. The summed E-state index contributed by atoms with van der Waals surface area (Å²) in [4.78, 5) is 24.5. The fourth-order valence-corrected chi connectivity index (χ4v) is 2.44. The molecule has 2 rings (SSSR count). The summed E-state index contributed by atoms with van der Waals surface area (Å²) < 4.78 is 38.2. The van der Waals surface area contributed by atoms with E-state index in [9.17, 15) is 27.9 Å². The number of alkyl halides is 3. The third-order valence-corrected chi connectivity index (χ3v) is 3.75. The Morgan fingerprint density at radius 2 is 1.86 bits per heavy atom. The Labute approximate surface area is 125 Å². The Morgan fingerprint density at radius 1 is 1.27 bits per heavy atom. The number of hydrogen-bond donors (Lipinski definition) is 1. The maximum absolute atomic E-state index is 12.7. The first-order valence-corrected chi connectivity index (χ1v) is 6.76. The standard InChI is InChI=1S/C15H16F3NO3/c1-9-6-12(20)19(13(9)21)8-14(2,22)10-4-3-5-11(7-10)15(16,17)18/h3-5,7,9,22H,6,8H2,1-2H3. The number of β-amino-alcohol motifs (C(OH)–C–C–N with tert-alkyl or cyclic N) is 1. The van der Waals surface area contributed by atoms with Gasteiger partial charge in [0, 0.05) is 12.3 Å². The normalized spacial score (nSPS) is 22.1. The number of carbonyl (C=O) groups is 2. The summed E-state index contributed by atoms with van der Waals surface area (Å²) in [6.45, 7) is 2.52. The zero-order valence-corrected chi connectivity index (χ0v) is 12.1. The van der Waals surface area contributed by atoms with Gasteiger partial charge in [-0.2, -0.15) is 13.2 Å². The Bertz CT molecular complexity index is 610. The molecule has 1 fully saturated rings. The van der Waals surface area contributed by atoms with Crippen molar-refractivity contribution in [2.75, 3.05) is 6.54 Å². The van der Waals surface area contributed by atoms with Crippen LogP contribution in [0.3, 0.4) is 0 Å². The first-order valence-electron chi connectivity index (χ1n) is 6.76. The largest absolute Gasteiger partial charge is 0.416 e. The first kappa shape index (κ1) is 16.5. The third-order valence-electron chi connectivity index (χ3n) is 3.75. The van der Waals surface area contributed by atoms with Crippen molar-refractivity contribution in [1.82, 2.24) is 4.90 Å². The van der Waals surface area contributed by atoms with Crippen molar-refractivity contribution in [3.8, 4) is 0 Å². The van der Waals surface area contributed by atoms with Gasteiger partial charge in [-0.3, -0.25) is 14.5 Å². The zero-order valence-electron chi connectivity index (χ0n) is 12.1. The highest BCUT2D eigenvalue weighted by Crippen LogP contribution is 2.33. The molecule has 1 aliphatic rings. The topological polar surface area (TPSA) is 57.6 Å². The molecule has 0 radical (unpaired) electrons. The molecule has 4 nitrogen and oxygen atoms in total. The van der Waals surface area contributed by atoms with E-state index in [-0.39, 0.29) is 18.5 Å². The van der Waals surface area contributed by atoms with Gasteiger partial charge < -0.3 is 5.11 Å². The third kappa shape index (κ3) is 3.14. The SMILES string of the molecule is CC1CC(=O)N(CC(C)(O)c2cccc(C(F)(F)F)c2)C1=O. The predicted octanol–water partition coefficient (Wildman–Crippen LogP) is 2.31. The second kappa shape index (κ2) is 5.39. The highest BCUT2D eigenvalue weighted by atomic mass is 19.4. The lowest BCUT2D eigenvalue weighted by Crippen LogP contribution is -2.42. The van der Waals surface area contributed by atoms with Crippen LogP contribution in [0.2, 0.25) is 0 Å². The minimum atomic E-state index is -4.53. The van der Waals surface area contributed by atoms with Gasteiger partial charge in [-0.15, -0.1) is 0 Å². The van der Waals surface area contributed by atoms with Gasteiger partial charge in [-0.05, 0) is 24.6 Å². The summed E-state index contributed by atoms with van der Waals surface area (Å²) in [5, 5.41) is 10.4. The van der Waals surface area contributed by atoms with Gasteiger partial charge in [0.2, 0.25) is 11.8 Å². The molecule has 0 aliphatic carbocycles. The highest BCUT2D eigenvalue weighted by molar-refractivity contribution is 6.03. The molecule has 0 spiro atoms. The van der Waals surface area contributed by atoms with Crippen LogP contribution in [0, 0.1) is 5.92 Å². The van der Waals surface area contributed by atoms with Gasteiger partial charge in [0.05, 0.1) is 12.1 Å². The Morgan fingerprint density at radius 3 is 2.36 bits per heavy atom. The van der Waals surface area contributed by atoms with Crippen LogP contribution in [0.15, 0.2) is 24.3 Å². The average molecular weight is 315 g/mol. The molecule has 2 atom stereocenters. The molecule has 2 amide bonds. The number of aliphatic hydroxyl groups is 1. The summed E-state index contributed by atoms with van der Waals surface area (Å²) in [6.07, 6.45) is -4.47. The maximum atomic E-state index is 12.7. The number of hydrogen-bond acceptors (Lipinski definition) is 3. The quantitative estimate of drug-likeness (QED) is 0.871. The van der Waals surface area contributed by atoms with E-state index in [1.165, 1.54) is 19.1 Å². The minimum absolute atomic E-state index is 0.00229. The maximum Gasteiger partial charge on any atom is 0.416 e. The summed E-state index contributed by atoms with van der Waals surface area (Å²) in [5.74, 6) is -1.31. The highest BCUT2D eigenvalue weighted by Gasteiger charge is 2.40. The van der Waals surface area contributed by atoms with Crippen LogP contribution in [-0.4, -0.2) is 28.4 Å². The molecule has 1 saturated heterocycles. The average Bonchev–Trinajstić information content (AvgIpc) is 2.64. The lowest BCUT2D eigenvalue weighted by atomic mass is 9.93. The number of carbonyl (C=O) groups excluding carboxylic acids is 2. The molecular weight excluding hydrogens is 299 g/mol. The number of rotatable bonds is 3. The summed E-state index contributed by atoms with van der Waals surface area (Å²) >= 11 is 0. The molecule has 0 aromatic heterocycles. The molecule has 1 aromatic rings. The second-order valence-electron chi connectivity index (χ2n) is 5.78. The summed E-state index contributed by atoms with van der Waals surface area (Å²) in [5.41, 5.74) is -2.64. The molecule has 0 saturated carbocycles. The van der Waals surface area contributed by atoms with Gasteiger partial charge in [0.15, 0.2) is 0 Å². The van der Waals surface area contributed by atoms with Gasteiger partial charge >= 0.3 is 6.18 Å². The van der Waals surface area contributed by atoms with Crippen LogP contribution >= 0.6 is 0 Å². The van der Waals surface area contributed by atoms with Crippen LogP contribution in [-0.2, 0) is 21.4 Å². The van der Waals surface area contributed by atoms with E-state index in [1.807, 2.05) is 0 Å². The monoisotopic (exact) mass is 315 g/mol. The molecule has 0 bridgehead atoms. The smallest absolute Gasteiger partial charge is 0.384 e. The summed E-state index contributed by atoms with van der Waals surface area (Å²) in [7, 11) is 0. The molecule has 22 heavy (non-hydrogen) atoms. The molecule has 1 N–H and O–H groups in total. The van der Waals surface area contributed by atoms with E-state index < -0.39 is 35.1 Å². The molecule has 7 heteroatoms. The van der Waals surface area contributed by atoms with E-state index in [2.05, 4.69) is 0 Å². The Balaban J connectivity index is 2.27. The molecular formula is C15H16F3NO3. The van der Waals surface area contributed by atoms with Crippen LogP contribution < -0.4 is 0 Å². The van der Waals surface area contributed by atoms with Crippen LogP contribution in [0.25, 0.3) is 0 Å². The van der Waals surface area contributed by atoms with Crippen molar-refractivity contribution < 1.29 is 27.9 Å². The van der Waals surface area contributed by atoms with Crippen LogP contribution in [0.5, 0.6) is 0 Å². The lowest BCUT2D eigenvalue weighted by Gasteiger charge is -2.29. The van der Waals surface area contributed by atoms with E-state index in [0.29, 0.717) is 0 Å². The van der Waals surface area contributed by atoms with Crippen molar-refractivity contribution in [2.24, 2.45) is 5.92 Å². The molecule has 120 valence electrons. The molecule has 2 unspecified atom stereocenters. The number of likely N-dealkylation sites (tertiary alicyclic amines) is 1. The van der Waals surface area contributed by atoms with Crippen molar-refractivity contribution >= 4 is 11.8 Å². The first-order chi connectivity index (χ1) is 10.0. The van der Waals surface area contributed by atoms with Crippen molar-refractivity contribution in [3.05, 3.63) is 35.4 Å². The van der Waals surface area contributed by atoms with Gasteiger partial charge in [-0.1, -0.05) is 19.1 Å². The van der Waals surface area contributed by atoms with Crippen molar-refractivity contribution in [2.45, 2.75) is 32.0 Å². The zero-order chi connectivity index (χ0) is 16.7. The minimum Gasteiger partial charge on any atom is -0.384 e. The van der Waals surface area contributed by atoms with Gasteiger partial charge in [0.1, 0.15) is 5.60 Å². The Hall–Kier alpha value is -1.89. The van der Waals surface area contributed by atoms with E-state index in [4.69, 9.17) is 0 Å². The number of halogens is 3. The van der Waals surface area contributed by atoms with Crippen molar-refractivity contribution in [1.29, 1.82) is 0 Å². The fourth-order valence-electron chi connectivity index (χ4n) is 2.44. The second-order valence-corrected chi connectivity index (χ2v) is 5.78. The number of benzene rings is 1. The van der Waals surface area contributed by atoms with Crippen molar-refractivity contribution in [3.63, 3.8) is 0 Å². The van der Waals surface area contributed by atoms with E-state index in [0.717, 1.165) is 17.0 Å². The lowest BCUT2D eigenvalue weighted by molar-refractivity contribution is -0.144. The van der Waals surface area contributed by atoms with Gasteiger partial charge in [-0.25, -0.2) is 0 Å². The van der Waals surface area contributed by atoms with Crippen LogP contribution in [0.4, 0.5) is 13.2 Å². The molecule has 1 heterocycles. The van der Waals surface area contributed by atoms with Gasteiger partial charge in [0.25, 0.3) is 0 Å². The number of imide groups is 1. The Kier molecular flexibility index (Phi) is 4.04. The molecule has 1 aliphatic heterocycles. The number of nitrogens with zero attached hydrogens (tertiary/aromatic N) is 1.